The standard InChI is InChI=1S/C19H16F3N5/c20-19(21,22)15-2-3-17(14(9-15)11-24)26-16-5-7-27(8-6-16)18-4-1-13(10-23)12-25-18/h1-4,9,12,16,26H,5-8H2. The van der Waals surface area contributed by atoms with Gasteiger partial charge in [-0.3, -0.25) is 0 Å². The quantitative estimate of drug-likeness (QED) is 0.885. The van der Waals surface area contributed by atoms with Crippen LogP contribution in [0.15, 0.2) is 36.5 Å². The first-order valence-electron chi connectivity index (χ1n) is 8.39. The van der Waals surface area contributed by atoms with Crippen molar-refractivity contribution in [2.45, 2.75) is 25.1 Å². The second-order valence-electron chi connectivity index (χ2n) is 6.29. The normalized spacial score (nSPS) is 15.1. The van der Waals surface area contributed by atoms with Crippen LogP contribution in [0.3, 0.4) is 0 Å². The van der Waals surface area contributed by atoms with Crippen molar-refractivity contribution in [2.75, 3.05) is 23.3 Å². The lowest BCUT2D eigenvalue weighted by molar-refractivity contribution is -0.137. The van der Waals surface area contributed by atoms with Crippen LogP contribution < -0.4 is 10.2 Å². The van der Waals surface area contributed by atoms with Crippen LogP contribution in [-0.2, 0) is 6.18 Å². The van der Waals surface area contributed by atoms with Gasteiger partial charge < -0.3 is 10.2 Å². The Balaban J connectivity index is 1.64. The molecule has 3 rings (SSSR count). The Morgan fingerprint density at radius 2 is 1.81 bits per heavy atom. The molecule has 5 nitrogen and oxygen atoms in total. The van der Waals surface area contributed by atoms with Crippen molar-refractivity contribution < 1.29 is 13.2 Å². The fourth-order valence-electron chi connectivity index (χ4n) is 3.05. The second-order valence-corrected chi connectivity index (χ2v) is 6.29. The molecule has 1 aromatic heterocycles. The van der Waals surface area contributed by atoms with Crippen molar-refractivity contribution in [3.05, 3.63) is 53.2 Å². The molecule has 1 fully saturated rings. The number of nitriles is 2. The number of rotatable bonds is 3. The largest absolute Gasteiger partial charge is 0.416 e. The van der Waals surface area contributed by atoms with Gasteiger partial charge in [0.2, 0.25) is 0 Å². The molecule has 8 heteroatoms. The highest BCUT2D eigenvalue weighted by atomic mass is 19.4. The molecule has 0 saturated carbocycles. The molecular formula is C19H16F3N5. The van der Waals surface area contributed by atoms with Crippen molar-refractivity contribution in [1.29, 1.82) is 10.5 Å². The zero-order valence-corrected chi connectivity index (χ0v) is 14.3. The lowest BCUT2D eigenvalue weighted by Gasteiger charge is -2.33. The maximum Gasteiger partial charge on any atom is 0.416 e. The fraction of sp³-hybridized carbons (Fsp3) is 0.316. The van der Waals surface area contributed by atoms with Crippen LogP contribution in [-0.4, -0.2) is 24.1 Å². The molecule has 1 saturated heterocycles. The summed E-state index contributed by atoms with van der Waals surface area (Å²) in [5.74, 6) is 0.791. The van der Waals surface area contributed by atoms with E-state index in [-0.39, 0.29) is 11.6 Å². The summed E-state index contributed by atoms with van der Waals surface area (Å²) < 4.78 is 38.4. The summed E-state index contributed by atoms with van der Waals surface area (Å²) in [6.07, 6.45) is -1.42. The van der Waals surface area contributed by atoms with Gasteiger partial charge in [0.25, 0.3) is 0 Å². The average Bonchev–Trinajstić information content (AvgIpc) is 2.68. The molecule has 2 aromatic rings. The van der Waals surface area contributed by atoms with E-state index in [1.54, 1.807) is 12.1 Å². The van der Waals surface area contributed by atoms with Crippen LogP contribution in [0.5, 0.6) is 0 Å². The van der Waals surface area contributed by atoms with Gasteiger partial charge in [0.15, 0.2) is 0 Å². The summed E-state index contributed by atoms with van der Waals surface area (Å²) in [4.78, 5) is 6.37. The molecule has 0 radical (unpaired) electrons. The molecule has 1 aromatic carbocycles. The van der Waals surface area contributed by atoms with Crippen molar-refractivity contribution in [3.8, 4) is 12.1 Å². The number of alkyl halides is 3. The molecule has 1 N–H and O–H groups in total. The molecule has 138 valence electrons. The van der Waals surface area contributed by atoms with Crippen molar-refractivity contribution in [1.82, 2.24) is 4.98 Å². The monoisotopic (exact) mass is 371 g/mol. The van der Waals surface area contributed by atoms with Crippen LogP contribution >= 0.6 is 0 Å². The summed E-state index contributed by atoms with van der Waals surface area (Å²) in [5.41, 5.74) is 0.0782. The summed E-state index contributed by atoms with van der Waals surface area (Å²) in [6.45, 7) is 1.44. The lowest BCUT2D eigenvalue weighted by atomic mass is 10.0. The molecule has 0 atom stereocenters. The topological polar surface area (TPSA) is 75.7 Å². The number of hydrogen-bond acceptors (Lipinski definition) is 5. The van der Waals surface area contributed by atoms with Gasteiger partial charge in [-0.2, -0.15) is 23.7 Å². The minimum atomic E-state index is -4.47. The molecule has 1 aliphatic rings. The Labute approximate surface area is 154 Å². The predicted molar refractivity (Wildman–Crippen MR) is 94.0 cm³/mol. The van der Waals surface area contributed by atoms with Crippen LogP contribution in [0.2, 0.25) is 0 Å². The third-order valence-electron chi connectivity index (χ3n) is 4.52. The van der Waals surface area contributed by atoms with Gasteiger partial charge in [-0.05, 0) is 43.2 Å². The summed E-state index contributed by atoms with van der Waals surface area (Å²) >= 11 is 0. The number of anilines is 2. The first kappa shape index (κ1) is 18.5. The second kappa shape index (κ2) is 7.55. The van der Waals surface area contributed by atoms with Crippen LogP contribution in [0.4, 0.5) is 24.7 Å². The zero-order chi connectivity index (χ0) is 19.4. The molecule has 0 amide bonds. The number of pyridine rings is 1. The van der Waals surface area contributed by atoms with Gasteiger partial charge in [-0.1, -0.05) is 0 Å². The summed E-state index contributed by atoms with van der Waals surface area (Å²) in [5, 5.41) is 21.2. The maximum atomic E-state index is 12.8. The summed E-state index contributed by atoms with van der Waals surface area (Å²) in [7, 11) is 0. The number of hydrogen-bond donors (Lipinski definition) is 1. The predicted octanol–water partition coefficient (Wildman–Crippen LogP) is 3.92. The van der Waals surface area contributed by atoms with E-state index in [0.717, 1.165) is 43.9 Å². The van der Waals surface area contributed by atoms with Crippen LogP contribution in [0.25, 0.3) is 0 Å². The highest BCUT2D eigenvalue weighted by Gasteiger charge is 2.31. The smallest absolute Gasteiger partial charge is 0.381 e. The third-order valence-corrected chi connectivity index (χ3v) is 4.52. The van der Waals surface area contributed by atoms with E-state index in [1.807, 2.05) is 12.1 Å². The van der Waals surface area contributed by atoms with Crippen molar-refractivity contribution in [3.63, 3.8) is 0 Å². The van der Waals surface area contributed by atoms with Gasteiger partial charge in [0.1, 0.15) is 18.0 Å². The van der Waals surface area contributed by atoms with Gasteiger partial charge in [0.05, 0.1) is 22.4 Å². The molecular weight excluding hydrogens is 355 g/mol. The van der Waals surface area contributed by atoms with Crippen LogP contribution in [0.1, 0.15) is 29.5 Å². The molecule has 0 spiro atoms. The number of aromatic nitrogens is 1. The number of nitrogens with one attached hydrogen (secondary N) is 1. The van der Waals surface area contributed by atoms with Gasteiger partial charge >= 0.3 is 6.18 Å². The van der Waals surface area contributed by atoms with Crippen LogP contribution in [0, 0.1) is 22.7 Å². The molecule has 2 heterocycles. The Hall–Kier alpha value is -3.26. The maximum absolute atomic E-state index is 12.8. The van der Waals surface area contributed by atoms with Gasteiger partial charge in [-0.25, -0.2) is 4.98 Å². The van der Waals surface area contributed by atoms with E-state index in [0.29, 0.717) is 11.3 Å². The lowest BCUT2D eigenvalue weighted by Crippen LogP contribution is -2.39. The fourth-order valence-corrected chi connectivity index (χ4v) is 3.05. The van der Waals surface area contributed by atoms with Gasteiger partial charge in [-0.15, -0.1) is 0 Å². The van der Waals surface area contributed by atoms with E-state index >= 15 is 0 Å². The van der Waals surface area contributed by atoms with Crippen molar-refractivity contribution in [2.24, 2.45) is 0 Å². The van der Waals surface area contributed by atoms with Gasteiger partial charge in [0, 0.05) is 25.3 Å². The minimum Gasteiger partial charge on any atom is -0.381 e. The SMILES string of the molecule is N#Cc1ccc(N2CCC(Nc3ccc(C(F)(F)F)cc3C#N)CC2)nc1. The van der Waals surface area contributed by atoms with E-state index in [9.17, 15) is 18.4 Å². The molecule has 0 aliphatic carbocycles. The molecule has 27 heavy (non-hydrogen) atoms. The molecule has 0 bridgehead atoms. The molecule has 0 unspecified atom stereocenters. The highest BCUT2D eigenvalue weighted by molar-refractivity contribution is 5.59. The third kappa shape index (κ3) is 4.29. The molecule has 1 aliphatic heterocycles. The number of nitrogens with zero attached hydrogens (tertiary/aromatic N) is 4. The summed E-state index contributed by atoms with van der Waals surface area (Å²) in [6, 6.07) is 10.6. The highest BCUT2D eigenvalue weighted by Crippen LogP contribution is 2.32. The number of piperidine rings is 1. The number of halogens is 3. The average molecular weight is 371 g/mol. The van der Waals surface area contributed by atoms with Crippen molar-refractivity contribution >= 4 is 11.5 Å². The first-order chi connectivity index (χ1) is 12.9. The first-order valence-corrected chi connectivity index (χ1v) is 8.39. The van der Waals surface area contributed by atoms with E-state index in [4.69, 9.17) is 5.26 Å². The Kier molecular flexibility index (Phi) is 5.18. The van der Waals surface area contributed by atoms with E-state index in [1.165, 1.54) is 12.3 Å². The van der Waals surface area contributed by atoms with E-state index in [2.05, 4.69) is 15.2 Å². The minimum absolute atomic E-state index is 0.0130. The Bertz CT molecular complexity index is 886. The number of benzene rings is 1. The Morgan fingerprint density at radius 3 is 2.37 bits per heavy atom. The zero-order valence-electron chi connectivity index (χ0n) is 14.3. The van der Waals surface area contributed by atoms with E-state index < -0.39 is 11.7 Å². The Morgan fingerprint density at radius 1 is 1.07 bits per heavy atom.